The van der Waals surface area contributed by atoms with Gasteiger partial charge in [0.05, 0.1) is 11.3 Å². The average Bonchev–Trinajstić information content (AvgIpc) is 2.91. The number of ether oxygens (including phenoxy) is 1. The molecule has 3 aliphatic rings. The molecule has 0 spiro atoms. The second-order valence-corrected chi connectivity index (χ2v) is 7.67. The Morgan fingerprint density at radius 2 is 2.00 bits per heavy atom. The Hall–Kier alpha value is -1.76. The van der Waals surface area contributed by atoms with Gasteiger partial charge in [-0.1, -0.05) is 18.6 Å². The summed E-state index contributed by atoms with van der Waals surface area (Å²) in [5, 5.41) is 2.30. The van der Waals surface area contributed by atoms with Crippen LogP contribution in [0.15, 0.2) is 24.3 Å². The van der Waals surface area contributed by atoms with Crippen LogP contribution in [0.2, 0.25) is 0 Å². The van der Waals surface area contributed by atoms with Crippen LogP contribution in [0.25, 0.3) is 0 Å². The highest BCUT2D eigenvalue weighted by molar-refractivity contribution is 5.86. The molecule has 1 aromatic carbocycles. The molecule has 2 bridgehead atoms. The molecule has 3 fully saturated rings. The van der Waals surface area contributed by atoms with E-state index in [1.54, 1.807) is 0 Å². The number of piperidine rings is 2. The van der Waals surface area contributed by atoms with Crippen LogP contribution in [0.1, 0.15) is 37.7 Å². The second kappa shape index (κ2) is 6.76. The van der Waals surface area contributed by atoms with Crippen molar-refractivity contribution in [3.8, 4) is 0 Å². The Kier molecular flexibility index (Phi) is 4.59. The molecule has 4 rings (SSSR count). The molecule has 1 aromatic rings. The molecule has 2 heterocycles. The van der Waals surface area contributed by atoms with E-state index < -0.39 is 17.8 Å². The minimum Gasteiger partial charge on any atom is -0.446 e. The van der Waals surface area contributed by atoms with Crippen molar-refractivity contribution >= 4 is 11.8 Å². The van der Waals surface area contributed by atoms with Gasteiger partial charge in [-0.05, 0) is 50.3 Å². The third-order valence-electron chi connectivity index (χ3n) is 6.03. The van der Waals surface area contributed by atoms with Gasteiger partial charge in [-0.2, -0.15) is 13.2 Å². The van der Waals surface area contributed by atoms with Crippen LogP contribution in [0, 0.1) is 11.8 Å². The van der Waals surface area contributed by atoms with E-state index in [4.69, 9.17) is 4.74 Å². The van der Waals surface area contributed by atoms with Crippen LogP contribution in [0.5, 0.6) is 0 Å². The van der Waals surface area contributed by atoms with Gasteiger partial charge in [-0.15, -0.1) is 0 Å². The van der Waals surface area contributed by atoms with Gasteiger partial charge in [0.2, 0.25) is 0 Å². The SMILES string of the molecule is O=C(Nc1ccccc1C(F)(F)F)OC1CC2CC1[C@H]1CCCCN1C2. The Labute approximate surface area is 150 Å². The standard InChI is InChI=1S/C19H23F3N2O2/c20-19(21,22)14-5-1-2-6-15(14)23-18(25)26-17-10-12-9-13(17)16-7-3-4-8-24(16)11-12/h1-2,5-6,12-13,16-17H,3-4,7-11H2,(H,23,25)/t12?,13?,16-,17?/m1/s1. The van der Waals surface area contributed by atoms with Crippen molar-refractivity contribution in [2.24, 2.45) is 11.8 Å². The van der Waals surface area contributed by atoms with E-state index in [2.05, 4.69) is 10.2 Å². The first kappa shape index (κ1) is 17.6. The van der Waals surface area contributed by atoms with Crippen molar-refractivity contribution in [2.75, 3.05) is 18.4 Å². The van der Waals surface area contributed by atoms with Gasteiger partial charge in [0.15, 0.2) is 0 Å². The maximum Gasteiger partial charge on any atom is 0.418 e. The quantitative estimate of drug-likeness (QED) is 0.835. The Bertz CT molecular complexity index is 679. The molecule has 2 saturated heterocycles. The summed E-state index contributed by atoms with van der Waals surface area (Å²) in [6, 6.07) is 5.42. The van der Waals surface area contributed by atoms with Crippen molar-refractivity contribution in [2.45, 2.75) is 50.4 Å². The van der Waals surface area contributed by atoms with Crippen molar-refractivity contribution < 1.29 is 22.7 Å². The third-order valence-corrected chi connectivity index (χ3v) is 6.03. The first-order chi connectivity index (χ1) is 12.4. The summed E-state index contributed by atoms with van der Waals surface area (Å²) < 4.78 is 44.8. The lowest BCUT2D eigenvalue weighted by Gasteiger charge is -2.43. The second-order valence-electron chi connectivity index (χ2n) is 7.67. The highest BCUT2D eigenvalue weighted by atomic mass is 19.4. The number of amides is 1. The summed E-state index contributed by atoms with van der Waals surface area (Å²) in [5.41, 5.74) is -1.12. The van der Waals surface area contributed by atoms with Crippen LogP contribution >= 0.6 is 0 Å². The number of carbonyl (C=O) groups is 1. The van der Waals surface area contributed by atoms with E-state index in [0.29, 0.717) is 17.9 Å². The van der Waals surface area contributed by atoms with Crippen molar-refractivity contribution in [1.29, 1.82) is 0 Å². The topological polar surface area (TPSA) is 41.6 Å². The van der Waals surface area contributed by atoms with Crippen LogP contribution in [-0.2, 0) is 10.9 Å². The zero-order chi connectivity index (χ0) is 18.3. The predicted octanol–water partition coefficient (Wildman–Crippen LogP) is 4.52. The molecular weight excluding hydrogens is 345 g/mol. The van der Waals surface area contributed by atoms with E-state index in [-0.39, 0.29) is 11.8 Å². The number of nitrogens with one attached hydrogen (secondary N) is 1. The molecule has 0 aromatic heterocycles. The van der Waals surface area contributed by atoms with Gasteiger partial charge in [0.1, 0.15) is 6.10 Å². The molecule has 0 radical (unpaired) electrons. The molecule has 2 aliphatic heterocycles. The third kappa shape index (κ3) is 3.41. The lowest BCUT2D eigenvalue weighted by molar-refractivity contribution is -0.136. The number of rotatable bonds is 2. The van der Waals surface area contributed by atoms with Crippen LogP contribution < -0.4 is 5.32 Å². The molecule has 4 atom stereocenters. The number of benzene rings is 1. The highest BCUT2D eigenvalue weighted by Crippen LogP contribution is 2.45. The van der Waals surface area contributed by atoms with Gasteiger partial charge in [-0.25, -0.2) is 4.79 Å². The molecule has 7 heteroatoms. The van der Waals surface area contributed by atoms with E-state index in [1.165, 1.54) is 31.0 Å². The first-order valence-electron chi connectivity index (χ1n) is 9.30. The summed E-state index contributed by atoms with van der Waals surface area (Å²) in [5.74, 6) is 0.826. The summed E-state index contributed by atoms with van der Waals surface area (Å²) in [4.78, 5) is 14.8. The first-order valence-corrected chi connectivity index (χ1v) is 9.30. The highest BCUT2D eigenvalue weighted by Gasteiger charge is 2.48. The molecule has 1 amide bonds. The number of anilines is 1. The summed E-state index contributed by atoms with van der Waals surface area (Å²) in [7, 11) is 0. The smallest absolute Gasteiger partial charge is 0.418 e. The normalized spacial score (nSPS) is 31.3. The van der Waals surface area contributed by atoms with Crippen LogP contribution in [0.4, 0.5) is 23.7 Å². The number of hydrogen-bond acceptors (Lipinski definition) is 3. The van der Waals surface area contributed by atoms with Crippen molar-refractivity contribution in [3.05, 3.63) is 29.8 Å². The predicted molar refractivity (Wildman–Crippen MR) is 90.8 cm³/mol. The lowest BCUT2D eigenvalue weighted by atomic mass is 9.84. The summed E-state index contributed by atoms with van der Waals surface area (Å²) in [6.45, 7) is 2.16. The van der Waals surface area contributed by atoms with E-state index in [1.807, 2.05) is 0 Å². The minimum absolute atomic E-state index is 0.203. The van der Waals surface area contributed by atoms with Crippen LogP contribution in [-0.4, -0.2) is 36.2 Å². The number of fused-ring (bicyclic) bond motifs is 4. The average molecular weight is 368 g/mol. The maximum atomic E-state index is 13.1. The number of alkyl halides is 3. The van der Waals surface area contributed by atoms with Gasteiger partial charge < -0.3 is 4.74 Å². The minimum atomic E-state index is -4.52. The monoisotopic (exact) mass is 368 g/mol. The lowest BCUT2D eigenvalue weighted by Crippen LogP contribution is -2.50. The van der Waals surface area contributed by atoms with E-state index in [9.17, 15) is 18.0 Å². The molecule has 1 saturated carbocycles. The van der Waals surface area contributed by atoms with E-state index >= 15 is 0 Å². The van der Waals surface area contributed by atoms with E-state index in [0.717, 1.165) is 38.4 Å². The number of para-hydroxylation sites is 1. The maximum absolute atomic E-state index is 13.1. The van der Waals surface area contributed by atoms with Gasteiger partial charge in [0.25, 0.3) is 0 Å². The Balaban J connectivity index is 1.43. The van der Waals surface area contributed by atoms with Gasteiger partial charge in [0, 0.05) is 18.5 Å². The largest absolute Gasteiger partial charge is 0.446 e. The summed E-state index contributed by atoms with van der Waals surface area (Å²) in [6.07, 6.45) is -0.111. The van der Waals surface area contributed by atoms with Crippen LogP contribution in [0.3, 0.4) is 0 Å². The Morgan fingerprint density at radius 1 is 1.19 bits per heavy atom. The molecule has 3 unspecified atom stereocenters. The molecule has 4 nitrogen and oxygen atoms in total. The number of carbonyl (C=O) groups excluding carboxylic acids is 1. The number of halogens is 3. The van der Waals surface area contributed by atoms with Gasteiger partial charge in [-0.3, -0.25) is 10.2 Å². The summed E-state index contributed by atoms with van der Waals surface area (Å²) >= 11 is 0. The van der Waals surface area contributed by atoms with Crippen molar-refractivity contribution in [1.82, 2.24) is 4.90 Å². The zero-order valence-electron chi connectivity index (χ0n) is 14.5. The number of nitrogens with zero attached hydrogens (tertiary/aromatic N) is 1. The van der Waals surface area contributed by atoms with Crippen molar-refractivity contribution in [3.63, 3.8) is 0 Å². The zero-order valence-corrected chi connectivity index (χ0v) is 14.5. The fourth-order valence-electron chi connectivity index (χ4n) is 5.00. The fourth-order valence-corrected chi connectivity index (χ4v) is 5.00. The molecule has 26 heavy (non-hydrogen) atoms. The fraction of sp³-hybridized carbons (Fsp3) is 0.632. The van der Waals surface area contributed by atoms with Gasteiger partial charge >= 0.3 is 12.3 Å². The molecular formula is C19H23F3N2O2. The molecule has 1 N–H and O–H groups in total. The Morgan fingerprint density at radius 3 is 2.81 bits per heavy atom. The molecule has 142 valence electrons. The molecule has 1 aliphatic carbocycles. The number of hydrogen-bond donors (Lipinski definition) is 1.